The standard InChI is InChI=1S/C24H22O/c1-17-6-4-8-23(14-17)24-9-5-7-21(19(24)3)12-13-22-15-20(16-25)11-10-18(22)2/h4-16H,1-3H3/b13-12+. The molecule has 0 aliphatic heterocycles. The van der Waals surface area contributed by atoms with Gasteiger partial charge in [0.2, 0.25) is 0 Å². The monoisotopic (exact) mass is 326 g/mol. The summed E-state index contributed by atoms with van der Waals surface area (Å²) >= 11 is 0. The third kappa shape index (κ3) is 3.77. The topological polar surface area (TPSA) is 17.1 Å². The van der Waals surface area contributed by atoms with Crippen molar-refractivity contribution in [1.82, 2.24) is 0 Å². The third-order valence-electron chi connectivity index (χ3n) is 4.59. The molecular formula is C24H22O. The molecule has 0 aromatic heterocycles. The maximum atomic E-state index is 11.0. The maximum absolute atomic E-state index is 11.0. The van der Waals surface area contributed by atoms with Crippen molar-refractivity contribution >= 4 is 18.4 Å². The van der Waals surface area contributed by atoms with Crippen LogP contribution in [0.15, 0.2) is 60.7 Å². The summed E-state index contributed by atoms with van der Waals surface area (Å²) in [7, 11) is 0. The maximum Gasteiger partial charge on any atom is 0.150 e. The minimum Gasteiger partial charge on any atom is -0.298 e. The van der Waals surface area contributed by atoms with Crippen LogP contribution < -0.4 is 0 Å². The molecule has 0 spiro atoms. The second kappa shape index (κ2) is 7.31. The van der Waals surface area contributed by atoms with Crippen LogP contribution in [0.5, 0.6) is 0 Å². The Kier molecular flexibility index (Phi) is 4.95. The zero-order valence-electron chi connectivity index (χ0n) is 14.9. The first-order chi connectivity index (χ1) is 12.1. The Balaban J connectivity index is 1.99. The molecule has 0 unspecified atom stereocenters. The van der Waals surface area contributed by atoms with Crippen LogP contribution in [0.3, 0.4) is 0 Å². The fourth-order valence-electron chi connectivity index (χ4n) is 3.05. The molecule has 124 valence electrons. The van der Waals surface area contributed by atoms with Crippen LogP contribution in [0.25, 0.3) is 23.3 Å². The molecule has 3 rings (SSSR count). The highest BCUT2D eigenvalue weighted by molar-refractivity contribution is 5.81. The molecule has 0 amide bonds. The van der Waals surface area contributed by atoms with E-state index in [0.29, 0.717) is 5.56 Å². The largest absolute Gasteiger partial charge is 0.298 e. The van der Waals surface area contributed by atoms with Crippen molar-refractivity contribution in [3.05, 3.63) is 94.0 Å². The highest BCUT2D eigenvalue weighted by Crippen LogP contribution is 2.27. The summed E-state index contributed by atoms with van der Waals surface area (Å²) in [5.41, 5.74) is 9.15. The predicted octanol–water partition coefficient (Wildman–Crippen LogP) is 6.26. The van der Waals surface area contributed by atoms with E-state index in [0.717, 1.165) is 17.4 Å². The van der Waals surface area contributed by atoms with Gasteiger partial charge in [0.05, 0.1) is 0 Å². The minimum atomic E-state index is 0.704. The quantitative estimate of drug-likeness (QED) is 0.408. The first kappa shape index (κ1) is 16.9. The molecule has 0 aliphatic rings. The van der Waals surface area contributed by atoms with Crippen molar-refractivity contribution in [3.63, 3.8) is 0 Å². The van der Waals surface area contributed by atoms with Crippen LogP contribution in [0, 0.1) is 20.8 Å². The Morgan fingerprint density at radius 1 is 0.760 bits per heavy atom. The third-order valence-corrected chi connectivity index (χ3v) is 4.59. The molecule has 0 aliphatic carbocycles. The molecule has 1 heteroatoms. The van der Waals surface area contributed by atoms with Gasteiger partial charge in [-0.15, -0.1) is 0 Å². The van der Waals surface area contributed by atoms with Gasteiger partial charge in [0.1, 0.15) is 6.29 Å². The lowest BCUT2D eigenvalue weighted by atomic mass is 9.95. The molecule has 0 saturated carbocycles. The molecule has 25 heavy (non-hydrogen) atoms. The van der Waals surface area contributed by atoms with Gasteiger partial charge in [-0.05, 0) is 60.2 Å². The molecule has 3 aromatic rings. The Morgan fingerprint density at radius 2 is 1.52 bits per heavy atom. The average Bonchev–Trinajstić information content (AvgIpc) is 2.62. The summed E-state index contributed by atoms with van der Waals surface area (Å²) in [6.07, 6.45) is 5.11. The van der Waals surface area contributed by atoms with Crippen LogP contribution in [0.4, 0.5) is 0 Å². The van der Waals surface area contributed by atoms with E-state index in [1.165, 1.54) is 27.8 Å². The molecule has 0 atom stereocenters. The fourth-order valence-corrected chi connectivity index (χ4v) is 3.05. The van der Waals surface area contributed by atoms with Gasteiger partial charge in [0.25, 0.3) is 0 Å². The number of aryl methyl sites for hydroxylation is 2. The molecule has 0 fully saturated rings. The Hall–Kier alpha value is -2.93. The average molecular weight is 326 g/mol. The molecule has 0 radical (unpaired) electrons. The zero-order chi connectivity index (χ0) is 17.8. The predicted molar refractivity (Wildman–Crippen MR) is 107 cm³/mol. The SMILES string of the molecule is Cc1cccc(-c2cccc(/C=C/c3cc(C=O)ccc3C)c2C)c1. The van der Waals surface area contributed by atoms with Gasteiger partial charge in [-0.25, -0.2) is 0 Å². The number of aldehydes is 1. The summed E-state index contributed by atoms with van der Waals surface area (Å²) in [6, 6.07) is 20.7. The normalized spacial score (nSPS) is 11.0. The van der Waals surface area contributed by atoms with E-state index in [1.807, 2.05) is 18.2 Å². The highest BCUT2D eigenvalue weighted by Gasteiger charge is 2.05. The van der Waals surface area contributed by atoms with Gasteiger partial charge in [-0.1, -0.05) is 72.3 Å². The van der Waals surface area contributed by atoms with E-state index >= 15 is 0 Å². The first-order valence-electron chi connectivity index (χ1n) is 8.49. The van der Waals surface area contributed by atoms with Crippen molar-refractivity contribution in [2.24, 2.45) is 0 Å². The van der Waals surface area contributed by atoms with Crippen LogP contribution in [0.1, 0.15) is 38.2 Å². The summed E-state index contributed by atoms with van der Waals surface area (Å²) in [5, 5.41) is 0. The van der Waals surface area contributed by atoms with Crippen molar-refractivity contribution in [3.8, 4) is 11.1 Å². The minimum absolute atomic E-state index is 0.704. The van der Waals surface area contributed by atoms with Gasteiger partial charge in [-0.3, -0.25) is 4.79 Å². The molecule has 3 aromatic carbocycles. The van der Waals surface area contributed by atoms with E-state index < -0.39 is 0 Å². The van der Waals surface area contributed by atoms with Crippen molar-refractivity contribution in [2.75, 3.05) is 0 Å². The van der Waals surface area contributed by atoms with Crippen molar-refractivity contribution < 1.29 is 4.79 Å². The Morgan fingerprint density at radius 3 is 2.28 bits per heavy atom. The smallest absolute Gasteiger partial charge is 0.150 e. The van der Waals surface area contributed by atoms with Crippen LogP contribution in [0.2, 0.25) is 0 Å². The van der Waals surface area contributed by atoms with Gasteiger partial charge in [0, 0.05) is 5.56 Å². The first-order valence-corrected chi connectivity index (χ1v) is 8.49. The van der Waals surface area contributed by atoms with Crippen LogP contribution in [-0.4, -0.2) is 6.29 Å². The summed E-state index contributed by atoms with van der Waals surface area (Å²) < 4.78 is 0. The highest BCUT2D eigenvalue weighted by atomic mass is 16.1. The summed E-state index contributed by atoms with van der Waals surface area (Å²) in [6.45, 7) is 6.34. The fraction of sp³-hybridized carbons (Fsp3) is 0.125. The Bertz CT molecular complexity index is 948. The molecule has 0 saturated heterocycles. The van der Waals surface area contributed by atoms with Gasteiger partial charge in [0.15, 0.2) is 0 Å². The van der Waals surface area contributed by atoms with E-state index in [1.54, 1.807) is 0 Å². The van der Waals surface area contributed by atoms with Crippen LogP contribution >= 0.6 is 0 Å². The lowest BCUT2D eigenvalue weighted by Crippen LogP contribution is -1.89. The second-order valence-electron chi connectivity index (χ2n) is 6.46. The zero-order valence-corrected chi connectivity index (χ0v) is 14.9. The van der Waals surface area contributed by atoms with Crippen molar-refractivity contribution in [1.29, 1.82) is 0 Å². The molecule has 0 bridgehead atoms. The molecule has 0 heterocycles. The van der Waals surface area contributed by atoms with E-state index in [9.17, 15) is 4.79 Å². The lowest BCUT2D eigenvalue weighted by Gasteiger charge is -2.10. The number of benzene rings is 3. The molecular weight excluding hydrogens is 304 g/mol. The summed E-state index contributed by atoms with van der Waals surface area (Å²) in [5.74, 6) is 0. The number of carbonyl (C=O) groups is 1. The molecule has 0 N–H and O–H groups in total. The lowest BCUT2D eigenvalue weighted by molar-refractivity contribution is 0.112. The number of carbonyl (C=O) groups excluding carboxylic acids is 1. The van der Waals surface area contributed by atoms with Crippen LogP contribution in [-0.2, 0) is 0 Å². The van der Waals surface area contributed by atoms with Gasteiger partial charge < -0.3 is 0 Å². The number of hydrogen-bond donors (Lipinski definition) is 0. The van der Waals surface area contributed by atoms with Crippen molar-refractivity contribution in [2.45, 2.75) is 20.8 Å². The number of rotatable bonds is 4. The second-order valence-corrected chi connectivity index (χ2v) is 6.46. The Labute approximate surface area is 149 Å². The number of hydrogen-bond acceptors (Lipinski definition) is 1. The van der Waals surface area contributed by atoms with E-state index in [2.05, 4.69) is 75.4 Å². The van der Waals surface area contributed by atoms with E-state index in [-0.39, 0.29) is 0 Å². The van der Waals surface area contributed by atoms with Gasteiger partial charge >= 0.3 is 0 Å². The summed E-state index contributed by atoms with van der Waals surface area (Å²) in [4.78, 5) is 11.0. The van der Waals surface area contributed by atoms with E-state index in [4.69, 9.17) is 0 Å². The van der Waals surface area contributed by atoms with Gasteiger partial charge in [-0.2, -0.15) is 0 Å². The molecule has 1 nitrogen and oxygen atoms in total.